The van der Waals surface area contributed by atoms with Crippen molar-refractivity contribution in [1.29, 1.82) is 0 Å². The molecule has 92 valence electrons. The molecule has 2 aliphatic carbocycles. The molecule has 2 atom stereocenters. The van der Waals surface area contributed by atoms with E-state index in [2.05, 4.69) is 13.8 Å². The average molecular weight is 222 g/mol. The van der Waals surface area contributed by atoms with Crippen LogP contribution in [0.25, 0.3) is 0 Å². The van der Waals surface area contributed by atoms with Crippen molar-refractivity contribution in [3.8, 4) is 0 Å². The molecule has 0 unspecified atom stereocenters. The van der Waals surface area contributed by atoms with Crippen LogP contribution in [-0.2, 0) is 4.74 Å². The van der Waals surface area contributed by atoms with Crippen LogP contribution in [0.15, 0.2) is 0 Å². The van der Waals surface area contributed by atoms with Gasteiger partial charge in [-0.05, 0) is 68.6 Å². The highest BCUT2D eigenvalue weighted by atomic mass is 16.5. The van der Waals surface area contributed by atoms with Gasteiger partial charge < -0.3 is 4.74 Å². The van der Waals surface area contributed by atoms with Crippen molar-refractivity contribution in [1.82, 2.24) is 0 Å². The molecular weight excluding hydrogens is 196 g/mol. The van der Waals surface area contributed by atoms with Crippen LogP contribution >= 0.6 is 0 Å². The predicted octanol–water partition coefficient (Wildman–Crippen LogP) is 4.02. The summed E-state index contributed by atoms with van der Waals surface area (Å²) in [6, 6.07) is 0. The number of rotatable bonds is 1. The maximum atomic E-state index is 6.31. The van der Waals surface area contributed by atoms with Crippen molar-refractivity contribution < 1.29 is 4.74 Å². The molecule has 0 aromatic rings. The van der Waals surface area contributed by atoms with Gasteiger partial charge in [0.25, 0.3) is 0 Å². The Morgan fingerprint density at radius 3 is 2.38 bits per heavy atom. The van der Waals surface area contributed by atoms with Crippen LogP contribution in [0.5, 0.6) is 0 Å². The molecule has 1 spiro atoms. The van der Waals surface area contributed by atoms with Crippen LogP contribution in [0, 0.1) is 23.7 Å². The monoisotopic (exact) mass is 222 g/mol. The second-order valence-electron chi connectivity index (χ2n) is 6.87. The molecule has 3 fully saturated rings. The highest BCUT2D eigenvalue weighted by Gasteiger charge is 2.46. The Morgan fingerprint density at radius 1 is 1.00 bits per heavy atom. The average Bonchev–Trinajstić information content (AvgIpc) is 3.03. The number of hydrogen-bond donors (Lipinski definition) is 0. The van der Waals surface area contributed by atoms with Gasteiger partial charge in [0.2, 0.25) is 0 Å². The molecule has 0 N–H and O–H groups in total. The number of ether oxygens (including phenoxy) is 1. The molecule has 1 nitrogen and oxygen atoms in total. The molecule has 1 saturated heterocycles. The maximum Gasteiger partial charge on any atom is 0.0683 e. The molecular formula is C15H26O. The summed E-state index contributed by atoms with van der Waals surface area (Å²) in [5, 5.41) is 0. The van der Waals surface area contributed by atoms with Gasteiger partial charge in [-0.15, -0.1) is 0 Å². The van der Waals surface area contributed by atoms with Crippen LogP contribution < -0.4 is 0 Å². The summed E-state index contributed by atoms with van der Waals surface area (Å²) < 4.78 is 6.31. The van der Waals surface area contributed by atoms with Gasteiger partial charge in [0.05, 0.1) is 12.2 Å². The Labute approximate surface area is 99.9 Å². The third-order valence-corrected chi connectivity index (χ3v) is 5.53. The highest BCUT2D eigenvalue weighted by molar-refractivity contribution is 4.96. The molecule has 2 saturated carbocycles. The van der Waals surface area contributed by atoms with E-state index in [1.165, 1.54) is 44.9 Å². The van der Waals surface area contributed by atoms with Gasteiger partial charge in [-0.3, -0.25) is 0 Å². The van der Waals surface area contributed by atoms with Crippen molar-refractivity contribution in [3.05, 3.63) is 0 Å². The Hall–Kier alpha value is -0.0400. The van der Waals surface area contributed by atoms with Crippen molar-refractivity contribution in [2.75, 3.05) is 6.61 Å². The minimum Gasteiger partial charge on any atom is -0.375 e. The lowest BCUT2D eigenvalue weighted by molar-refractivity contribution is -0.0844. The fraction of sp³-hybridized carbons (Fsp3) is 1.00. The molecule has 0 aromatic carbocycles. The first-order valence-electron chi connectivity index (χ1n) is 7.32. The van der Waals surface area contributed by atoms with Gasteiger partial charge in [-0.2, -0.15) is 0 Å². The summed E-state index contributed by atoms with van der Waals surface area (Å²) in [6.45, 7) is 5.84. The van der Waals surface area contributed by atoms with E-state index in [1.54, 1.807) is 0 Å². The standard InChI is InChI=1S/C15H26O/c1-11(2)12-3-6-15(7-4-12)8-5-13-9-14(13)10-16-15/h11-14H,3-10H2,1-2H3/t12?,13-,14-,15?/m0/s1. The molecule has 0 bridgehead atoms. The number of hydrogen-bond acceptors (Lipinski definition) is 1. The lowest BCUT2D eigenvalue weighted by Gasteiger charge is -2.41. The first-order chi connectivity index (χ1) is 7.69. The lowest BCUT2D eigenvalue weighted by Crippen LogP contribution is -2.38. The normalized spacial score (nSPS) is 47.8. The summed E-state index contributed by atoms with van der Waals surface area (Å²) in [6.07, 6.45) is 9.78. The van der Waals surface area contributed by atoms with Crippen LogP contribution in [0.3, 0.4) is 0 Å². The second-order valence-corrected chi connectivity index (χ2v) is 6.87. The zero-order valence-corrected chi connectivity index (χ0v) is 10.9. The minimum atomic E-state index is 0.318. The molecule has 3 aliphatic rings. The molecule has 1 aliphatic heterocycles. The zero-order valence-electron chi connectivity index (χ0n) is 10.9. The Balaban J connectivity index is 1.58. The lowest BCUT2D eigenvalue weighted by atomic mass is 9.73. The van der Waals surface area contributed by atoms with Gasteiger partial charge in [0.15, 0.2) is 0 Å². The van der Waals surface area contributed by atoms with Gasteiger partial charge in [0.1, 0.15) is 0 Å². The Bertz CT molecular complexity index is 236. The van der Waals surface area contributed by atoms with E-state index < -0.39 is 0 Å². The summed E-state index contributed by atoms with van der Waals surface area (Å²) in [5.41, 5.74) is 0.318. The summed E-state index contributed by atoms with van der Waals surface area (Å²) in [5.74, 6) is 3.83. The fourth-order valence-electron chi connectivity index (χ4n) is 3.90. The third kappa shape index (κ3) is 2.03. The summed E-state index contributed by atoms with van der Waals surface area (Å²) in [7, 11) is 0. The SMILES string of the molecule is CC(C)C1CCC2(CC1)CC[C@H]1C[C@H]1CO2. The van der Waals surface area contributed by atoms with Crippen molar-refractivity contribution in [3.63, 3.8) is 0 Å². The quantitative estimate of drug-likeness (QED) is 0.651. The summed E-state index contributed by atoms with van der Waals surface area (Å²) in [4.78, 5) is 0. The van der Waals surface area contributed by atoms with E-state index in [0.29, 0.717) is 5.60 Å². The largest absolute Gasteiger partial charge is 0.375 e. The topological polar surface area (TPSA) is 9.23 Å². The predicted molar refractivity (Wildman–Crippen MR) is 66.3 cm³/mol. The molecule has 1 heteroatoms. The molecule has 0 aromatic heterocycles. The van der Waals surface area contributed by atoms with Gasteiger partial charge in [0, 0.05) is 0 Å². The second kappa shape index (κ2) is 4.01. The van der Waals surface area contributed by atoms with E-state index >= 15 is 0 Å². The van der Waals surface area contributed by atoms with Crippen molar-refractivity contribution >= 4 is 0 Å². The molecule has 3 rings (SSSR count). The van der Waals surface area contributed by atoms with Crippen molar-refractivity contribution in [2.24, 2.45) is 23.7 Å². The van der Waals surface area contributed by atoms with Crippen molar-refractivity contribution in [2.45, 2.75) is 64.4 Å². The van der Waals surface area contributed by atoms with E-state index in [9.17, 15) is 0 Å². The van der Waals surface area contributed by atoms with Crippen LogP contribution in [0.2, 0.25) is 0 Å². The maximum absolute atomic E-state index is 6.31. The van der Waals surface area contributed by atoms with Gasteiger partial charge in [-0.25, -0.2) is 0 Å². The highest BCUT2D eigenvalue weighted by Crippen LogP contribution is 2.50. The van der Waals surface area contributed by atoms with Gasteiger partial charge >= 0.3 is 0 Å². The minimum absolute atomic E-state index is 0.318. The third-order valence-electron chi connectivity index (χ3n) is 5.53. The molecule has 0 amide bonds. The molecule has 0 radical (unpaired) electrons. The summed E-state index contributed by atoms with van der Waals surface area (Å²) >= 11 is 0. The van der Waals surface area contributed by atoms with E-state index in [-0.39, 0.29) is 0 Å². The smallest absolute Gasteiger partial charge is 0.0683 e. The fourth-order valence-corrected chi connectivity index (χ4v) is 3.90. The Kier molecular flexibility index (Phi) is 2.78. The first-order valence-corrected chi connectivity index (χ1v) is 7.32. The molecule has 16 heavy (non-hydrogen) atoms. The van der Waals surface area contributed by atoms with E-state index in [1.807, 2.05) is 0 Å². The number of fused-ring (bicyclic) bond motifs is 1. The van der Waals surface area contributed by atoms with E-state index in [4.69, 9.17) is 4.74 Å². The molecule has 1 heterocycles. The van der Waals surface area contributed by atoms with Gasteiger partial charge in [-0.1, -0.05) is 13.8 Å². The van der Waals surface area contributed by atoms with Crippen LogP contribution in [0.1, 0.15) is 58.8 Å². The Morgan fingerprint density at radius 2 is 1.69 bits per heavy atom. The van der Waals surface area contributed by atoms with Crippen LogP contribution in [0.4, 0.5) is 0 Å². The van der Waals surface area contributed by atoms with E-state index in [0.717, 1.165) is 30.3 Å². The zero-order chi connectivity index (χ0) is 11.2. The van der Waals surface area contributed by atoms with Crippen LogP contribution in [-0.4, -0.2) is 12.2 Å². The first kappa shape index (κ1) is 11.1.